The van der Waals surface area contributed by atoms with Gasteiger partial charge in [0.05, 0.1) is 11.5 Å². The average Bonchev–Trinajstić information content (AvgIpc) is 2.54. The molecule has 7 nitrogen and oxygen atoms in total. The summed E-state index contributed by atoms with van der Waals surface area (Å²) in [6, 6.07) is 12.3. The van der Waals surface area contributed by atoms with Crippen molar-refractivity contribution in [3.63, 3.8) is 0 Å². The van der Waals surface area contributed by atoms with E-state index >= 15 is 0 Å². The van der Waals surface area contributed by atoms with Crippen LogP contribution in [0.1, 0.15) is 6.92 Å². The van der Waals surface area contributed by atoms with Crippen LogP contribution in [-0.4, -0.2) is 11.5 Å². The molecule has 0 unspecified atom stereocenters. The van der Waals surface area contributed by atoms with Gasteiger partial charge < -0.3 is 13.9 Å². The molecule has 1 heterocycles. The first-order chi connectivity index (χ1) is 11.6. The van der Waals surface area contributed by atoms with E-state index in [0.717, 1.165) is 5.39 Å². The van der Waals surface area contributed by atoms with Crippen molar-refractivity contribution < 1.29 is 18.8 Å². The maximum absolute atomic E-state index is 11.3. The maximum atomic E-state index is 11.3. The lowest BCUT2D eigenvalue weighted by Crippen LogP contribution is -1.98. The Bertz CT molecular complexity index is 963. The molecule has 122 valence electrons. The van der Waals surface area contributed by atoms with Crippen molar-refractivity contribution in [2.24, 2.45) is 0 Å². The number of nitro benzene ring substituents is 1. The first-order valence-electron chi connectivity index (χ1n) is 7.20. The van der Waals surface area contributed by atoms with Crippen molar-refractivity contribution in [1.29, 1.82) is 0 Å². The highest BCUT2D eigenvalue weighted by Gasteiger charge is 2.16. The van der Waals surface area contributed by atoms with Crippen LogP contribution in [0.4, 0.5) is 5.69 Å². The molecule has 0 N–H and O–H groups in total. The molecule has 0 saturated heterocycles. The molecule has 0 radical (unpaired) electrons. The summed E-state index contributed by atoms with van der Waals surface area (Å²) in [6.07, 6.45) is 0. The van der Waals surface area contributed by atoms with Crippen molar-refractivity contribution in [3.8, 4) is 17.2 Å². The Balaban J connectivity index is 1.94. The van der Waals surface area contributed by atoms with Crippen LogP contribution in [0, 0.1) is 10.1 Å². The number of nitro groups is 1. The molecule has 0 saturated carbocycles. The van der Waals surface area contributed by atoms with Gasteiger partial charge in [-0.05, 0) is 31.2 Å². The van der Waals surface area contributed by atoms with E-state index in [1.54, 1.807) is 31.2 Å². The lowest BCUT2D eigenvalue weighted by molar-refractivity contribution is -0.385. The summed E-state index contributed by atoms with van der Waals surface area (Å²) in [5.74, 6) is 0.946. The number of hydrogen-bond acceptors (Lipinski definition) is 6. The number of hydrogen-bond donors (Lipinski definition) is 0. The second-order valence-corrected chi connectivity index (χ2v) is 4.88. The Morgan fingerprint density at radius 2 is 1.79 bits per heavy atom. The molecule has 1 aromatic heterocycles. The van der Waals surface area contributed by atoms with Gasteiger partial charge in [0.15, 0.2) is 0 Å². The van der Waals surface area contributed by atoms with Crippen LogP contribution < -0.4 is 15.1 Å². The zero-order valence-electron chi connectivity index (χ0n) is 12.7. The summed E-state index contributed by atoms with van der Waals surface area (Å²) in [5, 5.41) is 11.8. The molecule has 0 aliphatic carbocycles. The van der Waals surface area contributed by atoms with Crippen molar-refractivity contribution in [1.82, 2.24) is 0 Å². The van der Waals surface area contributed by atoms with Gasteiger partial charge in [0.2, 0.25) is 5.75 Å². The third-order valence-electron chi connectivity index (χ3n) is 3.26. The second kappa shape index (κ2) is 6.41. The molecule has 2 aromatic carbocycles. The molecule has 0 aliphatic rings. The fraction of sp³-hybridized carbons (Fsp3) is 0.118. The van der Waals surface area contributed by atoms with E-state index in [4.69, 9.17) is 13.9 Å². The summed E-state index contributed by atoms with van der Waals surface area (Å²) in [7, 11) is 0. The SMILES string of the molecule is CCOc1cc(Oc2ccc3ccc(=O)oc3c2)ccc1[N+](=O)[O-]. The van der Waals surface area contributed by atoms with Gasteiger partial charge in [-0.1, -0.05) is 0 Å². The van der Waals surface area contributed by atoms with E-state index in [1.165, 1.54) is 24.3 Å². The molecule has 0 bridgehead atoms. The topological polar surface area (TPSA) is 91.8 Å². The third kappa shape index (κ3) is 3.19. The molecule has 0 atom stereocenters. The van der Waals surface area contributed by atoms with Gasteiger partial charge in [0.25, 0.3) is 0 Å². The fourth-order valence-corrected chi connectivity index (χ4v) is 2.22. The molecule has 3 aromatic rings. The molecule has 3 rings (SSSR count). The Kier molecular flexibility index (Phi) is 4.15. The number of ether oxygens (including phenoxy) is 2. The molecular formula is C17H13NO6. The summed E-state index contributed by atoms with van der Waals surface area (Å²) in [5.41, 5.74) is -0.186. The minimum Gasteiger partial charge on any atom is -0.487 e. The highest BCUT2D eigenvalue weighted by molar-refractivity contribution is 5.77. The van der Waals surface area contributed by atoms with Crippen LogP contribution in [0.3, 0.4) is 0 Å². The van der Waals surface area contributed by atoms with Crippen LogP contribution in [-0.2, 0) is 0 Å². The zero-order valence-corrected chi connectivity index (χ0v) is 12.7. The lowest BCUT2D eigenvalue weighted by atomic mass is 10.2. The first-order valence-corrected chi connectivity index (χ1v) is 7.20. The highest BCUT2D eigenvalue weighted by atomic mass is 16.6. The summed E-state index contributed by atoms with van der Waals surface area (Å²) >= 11 is 0. The molecule has 0 spiro atoms. The predicted octanol–water partition coefficient (Wildman–Crippen LogP) is 3.89. The van der Waals surface area contributed by atoms with E-state index < -0.39 is 10.5 Å². The van der Waals surface area contributed by atoms with Crippen molar-refractivity contribution in [3.05, 3.63) is 69.1 Å². The monoisotopic (exact) mass is 327 g/mol. The minimum atomic E-state index is -0.514. The van der Waals surface area contributed by atoms with Crippen LogP contribution >= 0.6 is 0 Å². The largest absolute Gasteiger partial charge is 0.487 e. The van der Waals surface area contributed by atoms with Crippen LogP contribution in [0.2, 0.25) is 0 Å². The van der Waals surface area contributed by atoms with Gasteiger partial charge in [-0.15, -0.1) is 0 Å². The van der Waals surface area contributed by atoms with Crippen molar-refractivity contribution in [2.75, 3.05) is 6.61 Å². The predicted molar refractivity (Wildman–Crippen MR) is 86.8 cm³/mol. The van der Waals surface area contributed by atoms with Gasteiger partial charge >= 0.3 is 11.3 Å². The minimum absolute atomic E-state index is 0.131. The quantitative estimate of drug-likeness (QED) is 0.401. The Morgan fingerprint density at radius 1 is 1.08 bits per heavy atom. The summed E-state index contributed by atoms with van der Waals surface area (Å²) < 4.78 is 16.1. The average molecular weight is 327 g/mol. The second-order valence-electron chi connectivity index (χ2n) is 4.88. The van der Waals surface area contributed by atoms with E-state index in [9.17, 15) is 14.9 Å². The zero-order chi connectivity index (χ0) is 17.1. The Labute approximate surface area is 136 Å². The lowest BCUT2D eigenvalue weighted by Gasteiger charge is -2.09. The van der Waals surface area contributed by atoms with Gasteiger partial charge in [-0.25, -0.2) is 4.79 Å². The fourth-order valence-electron chi connectivity index (χ4n) is 2.22. The standard InChI is InChI=1S/C17H13NO6/c1-2-22-16-10-13(6-7-14(16)18(20)21)23-12-5-3-11-4-8-17(19)24-15(11)9-12/h3-10H,2H2,1H3. The molecule has 0 amide bonds. The summed E-state index contributed by atoms with van der Waals surface area (Å²) in [4.78, 5) is 21.8. The van der Waals surface area contributed by atoms with E-state index in [0.29, 0.717) is 23.7 Å². The first kappa shape index (κ1) is 15.5. The number of benzene rings is 2. The van der Waals surface area contributed by atoms with E-state index in [-0.39, 0.29) is 11.4 Å². The molecule has 0 aliphatic heterocycles. The van der Waals surface area contributed by atoms with Crippen LogP contribution in [0.15, 0.2) is 57.7 Å². The van der Waals surface area contributed by atoms with Gasteiger partial charge in [0, 0.05) is 29.7 Å². The molecular weight excluding hydrogens is 314 g/mol. The maximum Gasteiger partial charge on any atom is 0.336 e. The number of nitrogens with zero attached hydrogens (tertiary/aromatic N) is 1. The van der Waals surface area contributed by atoms with Crippen molar-refractivity contribution >= 4 is 16.7 Å². The van der Waals surface area contributed by atoms with Gasteiger partial charge in [-0.2, -0.15) is 0 Å². The molecule has 24 heavy (non-hydrogen) atoms. The molecule has 7 heteroatoms. The smallest absolute Gasteiger partial charge is 0.336 e. The van der Waals surface area contributed by atoms with Crippen LogP contribution in [0.5, 0.6) is 17.2 Å². The molecule has 0 fully saturated rings. The Hall–Kier alpha value is -3.35. The highest BCUT2D eigenvalue weighted by Crippen LogP contribution is 2.33. The van der Waals surface area contributed by atoms with E-state index in [2.05, 4.69) is 0 Å². The third-order valence-corrected chi connectivity index (χ3v) is 3.26. The number of fused-ring (bicyclic) bond motifs is 1. The van der Waals surface area contributed by atoms with Gasteiger partial charge in [-0.3, -0.25) is 10.1 Å². The normalized spacial score (nSPS) is 10.5. The van der Waals surface area contributed by atoms with Gasteiger partial charge in [0.1, 0.15) is 17.1 Å². The number of rotatable bonds is 5. The summed E-state index contributed by atoms with van der Waals surface area (Å²) in [6.45, 7) is 2.04. The van der Waals surface area contributed by atoms with Crippen molar-refractivity contribution in [2.45, 2.75) is 6.92 Å². The van der Waals surface area contributed by atoms with Crippen LogP contribution in [0.25, 0.3) is 11.0 Å². The van der Waals surface area contributed by atoms with E-state index in [1.807, 2.05) is 0 Å². The Morgan fingerprint density at radius 3 is 2.54 bits per heavy atom.